The molecule has 0 bridgehead atoms. The minimum atomic E-state index is -0.343. The van der Waals surface area contributed by atoms with E-state index < -0.39 is 0 Å². The van der Waals surface area contributed by atoms with Gasteiger partial charge in [0.25, 0.3) is 5.91 Å². The van der Waals surface area contributed by atoms with E-state index in [0.717, 1.165) is 23.5 Å². The molecule has 2 aromatic heterocycles. The zero-order chi connectivity index (χ0) is 23.9. The Bertz CT molecular complexity index is 1230. The molecule has 0 saturated heterocycles. The number of benzene rings is 2. The zero-order valence-electron chi connectivity index (χ0n) is 19.7. The Balaban J connectivity index is 1.30. The molecule has 0 saturated carbocycles. The Morgan fingerprint density at radius 2 is 1.94 bits per heavy atom. The quantitative estimate of drug-likeness (QED) is 0.320. The van der Waals surface area contributed by atoms with Crippen molar-refractivity contribution < 1.29 is 18.7 Å². The molecule has 0 fully saturated rings. The summed E-state index contributed by atoms with van der Waals surface area (Å²) < 4.78 is 18.5. The van der Waals surface area contributed by atoms with Crippen LogP contribution in [0.4, 0.5) is 5.69 Å². The molecule has 34 heavy (non-hydrogen) atoms. The number of methoxy groups -OCH3 is 1. The lowest BCUT2D eigenvalue weighted by Crippen LogP contribution is -2.10. The molecule has 4 rings (SSSR count). The van der Waals surface area contributed by atoms with Crippen LogP contribution in [0.15, 0.2) is 77.5 Å². The maximum Gasteiger partial charge on any atom is 0.291 e. The number of hydrogen-bond acceptors (Lipinski definition) is 5. The summed E-state index contributed by atoms with van der Waals surface area (Å²) in [5.74, 6) is 2.52. The fraction of sp³-hybridized carbons (Fsp3) is 0.259. The Morgan fingerprint density at radius 1 is 1.12 bits per heavy atom. The number of furan rings is 1. The topological polar surface area (TPSA) is 78.5 Å². The molecule has 0 spiro atoms. The third kappa shape index (κ3) is 5.86. The van der Waals surface area contributed by atoms with Crippen molar-refractivity contribution in [1.82, 2.24) is 9.78 Å². The van der Waals surface area contributed by atoms with Crippen LogP contribution < -0.4 is 14.8 Å². The van der Waals surface area contributed by atoms with Gasteiger partial charge in [-0.15, -0.1) is 0 Å². The molecule has 176 valence electrons. The molecule has 2 heterocycles. The van der Waals surface area contributed by atoms with E-state index in [4.69, 9.17) is 13.9 Å². The Morgan fingerprint density at radius 3 is 2.71 bits per heavy atom. The molecule has 0 aliphatic rings. The lowest BCUT2D eigenvalue weighted by Gasteiger charge is -2.10. The van der Waals surface area contributed by atoms with Gasteiger partial charge in [-0.25, -0.2) is 0 Å². The molecule has 1 atom stereocenters. The van der Waals surface area contributed by atoms with Crippen LogP contribution in [0, 0.1) is 0 Å². The maximum atomic E-state index is 12.6. The fourth-order valence-corrected chi connectivity index (χ4v) is 3.53. The Kier molecular flexibility index (Phi) is 7.32. The smallest absolute Gasteiger partial charge is 0.291 e. The highest BCUT2D eigenvalue weighted by Gasteiger charge is 2.13. The standard InChI is InChI=1S/C27H29N3O4/c1-4-19(2)21-8-10-23(11-9-21)33-18-25-12-13-26(34-25)27(31)29-22-15-28-30(17-22)16-20-6-5-7-24(14-20)32-3/h5-15,17,19H,4,16,18H2,1-3H3,(H,29,31). The van der Waals surface area contributed by atoms with Crippen LogP contribution in [0.1, 0.15) is 53.6 Å². The number of carbonyl (C=O) groups is 1. The first kappa shape index (κ1) is 23.2. The Labute approximate surface area is 199 Å². The van der Waals surface area contributed by atoms with Crippen LogP contribution in [0.5, 0.6) is 11.5 Å². The summed E-state index contributed by atoms with van der Waals surface area (Å²) in [4.78, 5) is 12.6. The monoisotopic (exact) mass is 459 g/mol. The first-order chi connectivity index (χ1) is 16.5. The highest BCUT2D eigenvalue weighted by atomic mass is 16.5. The number of carbonyl (C=O) groups excluding carboxylic acids is 1. The minimum Gasteiger partial charge on any atom is -0.497 e. The highest BCUT2D eigenvalue weighted by molar-refractivity contribution is 6.02. The molecule has 7 heteroatoms. The molecular formula is C27H29N3O4. The van der Waals surface area contributed by atoms with Gasteiger partial charge in [0, 0.05) is 6.20 Å². The van der Waals surface area contributed by atoms with Crippen LogP contribution in [0.2, 0.25) is 0 Å². The number of rotatable bonds is 10. The van der Waals surface area contributed by atoms with Crippen LogP contribution in [0.25, 0.3) is 0 Å². The van der Waals surface area contributed by atoms with Crippen molar-refractivity contribution in [2.45, 2.75) is 39.3 Å². The summed E-state index contributed by atoms with van der Waals surface area (Å²) in [5.41, 5.74) is 2.92. The fourth-order valence-electron chi connectivity index (χ4n) is 3.53. The minimum absolute atomic E-state index is 0.214. The van der Waals surface area contributed by atoms with Gasteiger partial charge in [0.15, 0.2) is 5.76 Å². The largest absolute Gasteiger partial charge is 0.497 e. The van der Waals surface area contributed by atoms with E-state index in [-0.39, 0.29) is 18.3 Å². The molecule has 4 aromatic rings. The van der Waals surface area contributed by atoms with Gasteiger partial charge in [-0.1, -0.05) is 38.1 Å². The van der Waals surface area contributed by atoms with E-state index in [9.17, 15) is 4.79 Å². The number of ether oxygens (including phenoxy) is 2. The molecule has 1 unspecified atom stereocenters. The van der Waals surface area contributed by atoms with Crippen molar-refractivity contribution in [3.63, 3.8) is 0 Å². The van der Waals surface area contributed by atoms with Crippen LogP contribution in [0.3, 0.4) is 0 Å². The van der Waals surface area contributed by atoms with Crippen molar-refractivity contribution in [3.05, 3.63) is 95.7 Å². The van der Waals surface area contributed by atoms with E-state index in [1.165, 1.54) is 5.56 Å². The summed E-state index contributed by atoms with van der Waals surface area (Å²) in [6.45, 7) is 5.19. The maximum absolute atomic E-state index is 12.6. The number of aromatic nitrogens is 2. The normalized spacial score (nSPS) is 11.7. The number of nitrogens with one attached hydrogen (secondary N) is 1. The van der Waals surface area contributed by atoms with E-state index in [1.807, 2.05) is 36.4 Å². The van der Waals surface area contributed by atoms with Gasteiger partial charge < -0.3 is 19.2 Å². The molecule has 0 aliphatic heterocycles. The van der Waals surface area contributed by atoms with Crippen LogP contribution in [-0.2, 0) is 13.2 Å². The molecular weight excluding hydrogens is 430 g/mol. The number of hydrogen-bond donors (Lipinski definition) is 1. The van der Waals surface area contributed by atoms with Crippen molar-refractivity contribution in [2.75, 3.05) is 12.4 Å². The SMILES string of the molecule is CCC(C)c1ccc(OCc2ccc(C(=O)Nc3cnn(Cc4cccc(OC)c4)c3)o2)cc1. The van der Waals surface area contributed by atoms with Gasteiger partial charge in [0.1, 0.15) is 23.9 Å². The van der Waals surface area contributed by atoms with Gasteiger partial charge in [-0.3, -0.25) is 9.48 Å². The summed E-state index contributed by atoms with van der Waals surface area (Å²) in [6.07, 6.45) is 4.47. The zero-order valence-corrected chi connectivity index (χ0v) is 19.7. The lowest BCUT2D eigenvalue weighted by atomic mass is 9.99. The second-order valence-corrected chi connectivity index (χ2v) is 8.17. The molecule has 7 nitrogen and oxygen atoms in total. The third-order valence-electron chi connectivity index (χ3n) is 5.70. The van der Waals surface area contributed by atoms with Gasteiger partial charge in [-0.05, 0) is 59.9 Å². The second kappa shape index (κ2) is 10.7. The van der Waals surface area contributed by atoms with Gasteiger partial charge >= 0.3 is 0 Å². The van der Waals surface area contributed by atoms with Gasteiger partial charge in [-0.2, -0.15) is 5.10 Å². The molecule has 1 N–H and O–H groups in total. The summed E-state index contributed by atoms with van der Waals surface area (Å²) in [5, 5.41) is 7.13. The van der Waals surface area contributed by atoms with Crippen LogP contribution >= 0.6 is 0 Å². The van der Waals surface area contributed by atoms with Crippen molar-refractivity contribution in [1.29, 1.82) is 0 Å². The van der Waals surface area contributed by atoms with Crippen molar-refractivity contribution >= 4 is 11.6 Å². The lowest BCUT2D eigenvalue weighted by molar-refractivity contribution is 0.0992. The third-order valence-corrected chi connectivity index (χ3v) is 5.70. The first-order valence-electron chi connectivity index (χ1n) is 11.3. The number of anilines is 1. The first-order valence-corrected chi connectivity index (χ1v) is 11.3. The van der Waals surface area contributed by atoms with Crippen LogP contribution in [-0.4, -0.2) is 22.8 Å². The highest BCUT2D eigenvalue weighted by Crippen LogP contribution is 2.22. The molecule has 1 amide bonds. The summed E-state index contributed by atoms with van der Waals surface area (Å²) in [7, 11) is 1.64. The van der Waals surface area contributed by atoms with Gasteiger partial charge in [0.05, 0.1) is 25.5 Å². The molecule has 2 aromatic carbocycles. The van der Waals surface area contributed by atoms with Gasteiger partial charge in [0.2, 0.25) is 0 Å². The van der Waals surface area contributed by atoms with E-state index in [1.54, 1.807) is 36.3 Å². The summed E-state index contributed by atoms with van der Waals surface area (Å²) >= 11 is 0. The van der Waals surface area contributed by atoms with E-state index >= 15 is 0 Å². The number of nitrogens with zero attached hydrogens (tertiary/aromatic N) is 2. The average Bonchev–Trinajstić information content (AvgIpc) is 3.52. The molecule has 0 radical (unpaired) electrons. The summed E-state index contributed by atoms with van der Waals surface area (Å²) in [6, 6.07) is 19.2. The predicted molar refractivity (Wildman–Crippen MR) is 130 cm³/mol. The van der Waals surface area contributed by atoms with E-state index in [2.05, 4.69) is 36.4 Å². The Hall–Kier alpha value is -4.00. The average molecular weight is 460 g/mol. The second-order valence-electron chi connectivity index (χ2n) is 8.17. The predicted octanol–water partition coefficient (Wildman–Crippen LogP) is 5.88. The van der Waals surface area contributed by atoms with Crippen molar-refractivity contribution in [3.8, 4) is 11.5 Å². The number of amides is 1. The van der Waals surface area contributed by atoms with Crippen molar-refractivity contribution in [2.24, 2.45) is 0 Å². The van der Waals surface area contributed by atoms with E-state index in [0.29, 0.717) is 23.9 Å². The molecule has 0 aliphatic carbocycles.